The SMILES string of the molecule is Cc1ccc(O)c(C(=O)c2cnn([C@@H]3CCS(=O)(=O)C3)c2)c1. The van der Waals surface area contributed by atoms with Gasteiger partial charge in [0.05, 0.1) is 34.9 Å². The number of hydrogen-bond donors (Lipinski definition) is 1. The number of ketones is 1. The summed E-state index contributed by atoms with van der Waals surface area (Å²) < 4.78 is 24.6. The zero-order chi connectivity index (χ0) is 15.9. The van der Waals surface area contributed by atoms with Crippen LogP contribution in [0.1, 0.15) is 33.9 Å². The van der Waals surface area contributed by atoms with Crippen LogP contribution in [0, 0.1) is 6.92 Å². The molecule has 0 spiro atoms. The molecule has 1 aliphatic heterocycles. The normalized spacial score (nSPS) is 20.1. The van der Waals surface area contributed by atoms with Crippen molar-refractivity contribution >= 4 is 15.6 Å². The standard InChI is InChI=1S/C15H16N2O4S/c1-10-2-3-14(18)13(6-10)15(19)11-7-16-17(8-11)12-4-5-22(20,21)9-12/h2-3,6-8,12,18H,4-5,9H2,1H3/t12-/m1/s1. The topological polar surface area (TPSA) is 89.3 Å². The van der Waals surface area contributed by atoms with Gasteiger partial charge in [0.1, 0.15) is 5.75 Å². The number of hydrogen-bond acceptors (Lipinski definition) is 5. The van der Waals surface area contributed by atoms with E-state index >= 15 is 0 Å². The van der Waals surface area contributed by atoms with Crippen LogP contribution < -0.4 is 0 Å². The highest BCUT2D eigenvalue weighted by molar-refractivity contribution is 7.91. The van der Waals surface area contributed by atoms with Crippen molar-refractivity contribution in [1.82, 2.24) is 9.78 Å². The van der Waals surface area contributed by atoms with Crippen LogP contribution in [0.15, 0.2) is 30.6 Å². The molecule has 22 heavy (non-hydrogen) atoms. The van der Waals surface area contributed by atoms with E-state index in [4.69, 9.17) is 0 Å². The second kappa shape index (κ2) is 5.24. The Balaban J connectivity index is 1.88. The van der Waals surface area contributed by atoms with E-state index in [2.05, 4.69) is 5.10 Å². The molecule has 116 valence electrons. The van der Waals surface area contributed by atoms with Crippen LogP contribution in [0.5, 0.6) is 5.75 Å². The van der Waals surface area contributed by atoms with Crippen molar-refractivity contribution < 1.29 is 18.3 Å². The van der Waals surface area contributed by atoms with Gasteiger partial charge in [-0.15, -0.1) is 0 Å². The summed E-state index contributed by atoms with van der Waals surface area (Å²) in [5, 5.41) is 13.9. The minimum Gasteiger partial charge on any atom is -0.507 e. The fraction of sp³-hybridized carbons (Fsp3) is 0.333. The Labute approximate surface area is 128 Å². The first-order chi connectivity index (χ1) is 10.4. The molecule has 0 amide bonds. The Hall–Kier alpha value is -2.15. The molecule has 3 rings (SSSR count). The van der Waals surface area contributed by atoms with E-state index in [0.29, 0.717) is 12.0 Å². The Morgan fingerprint density at radius 3 is 2.86 bits per heavy atom. The number of aryl methyl sites for hydroxylation is 1. The molecule has 0 bridgehead atoms. The second-order valence-corrected chi connectivity index (χ2v) is 7.84. The van der Waals surface area contributed by atoms with E-state index in [0.717, 1.165) is 5.56 Å². The summed E-state index contributed by atoms with van der Waals surface area (Å²) in [6.07, 6.45) is 3.47. The monoisotopic (exact) mass is 320 g/mol. The van der Waals surface area contributed by atoms with Crippen molar-refractivity contribution in [2.75, 3.05) is 11.5 Å². The lowest BCUT2D eigenvalue weighted by Gasteiger charge is -2.07. The van der Waals surface area contributed by atoms with Crippen LogP contribution in [-0.4, -0.2) is 40.6 Å². The number of carbonyl (C=O) groups is 1. The van der Waals surface area contributed by atoms with Gasteiger partial charge in [-0.3, -0.25) is 9.48 Å². The number of sulfone groups is 1. The van der Waals surface area contributed by atoms with E-state index in [9.17, 15) is 18.3 Å². The molecule has 1 atom stereocenters. The Kier molecular flexibility index (Phi) is 3.52. The molecule has 0 unspecified atom stereocenters. The zero-order valence-electron chi connectivity index (χ0n) is 12.1. The second-order valence-electron chi connectivity index (χ2n) is 5.62. The quantitative estimate of drug-likeness (QED) is 0.865. The molecule has 0 aliphatic carbocycles. The smallest absolute Gasteiger partial charge is 0.199 e. The van der Waals surface area contributed by atoms with Crippen LogP contribution in [-0.2, 0) is 9.84 Å². The number of aromatic nitrogens is 2. The molecule has 1 aliphatic rings. The van der Waals surface area contributed by atoms with Crippen LogP contribution >= 0.6 is 0 Å². The van der Waals surface area contributed by atoms with Crippen molar-refractivity contribution in [2.24, 2.45) is 0 Å². The number of phenols is 1. The van der Waals surface area contributed by atoms with Gasteiger partial charge in [0.15, 0.2) is 15.6 Å². The highest BCUT2D eigenvalue weighted by atomic mass is 32.2. The van der Waals surface area contributed by atoms with E-state index in [1.807, 2.05) is 6.92 Å². The number of aromatic hydroxyl groups is 1. The first-order valence-electron chi connectivity index (χ1n) is 6.94. The van der Waals surface area contributed by atoms with Crippen LogP contribution in [0.2, 0.25) is 0 Å². The Morgan fingerprint density at radius 2 is 2.18 bits per heavy atom. The summed E-state index contributed by atoms with van der Waals surface area (Å²) in [6, 6.07) is 4.60. The van der Waals surface area contributed by atoms with Gasteiger partial charge in [0.2, 0.25) is 0 Å². The molecule has 7 heteroatoms. The van der Waals surface area contributed by atoms with Crippen LogP contribution in [0.25, 0.3) is 0 Å². The summed E-state index contributed by atoms with van der Waals surface area (Å²) in [7, 11) is -3.00. The third kappa shape index (κ3) is 2.76. The van der Waals surface area contributed by atoms with Gasteiger partial charge in [0, 0.05) is 6.20 Å². The van der Waals surface area contributed by atoms with Gasteiger partial charge in [-0.1, -0.05) is 11.6 Å². The predicted octanol–water partition coefficient (Wildman–Crippen LogP) is 1.49. The fourth-order valence-corrected chi connectivity index (χ4v) is 4.33. The molecule has 0 saturated carbocycles. The van der Waals surface area contributed by atoms with Gasteiger partial charge >= 0.3 is 0 Å². The first-order valence-corrected chi connectivity index (χ1v) is 8.77. The van der Waals surface area contributed by atoms with Gasteiger partial charge < -0.3 is 5.11 Å². The molecule has 1 N–H and O–H groups in total. The lowest BCUT2D eigenvalue weighted by Crippen LogP contribution is -2.11. The number of benzene rings is 1. The van der Waals surface area contributed by atoms with Crippen molar-refractivity contribution in [2.45, 2.75) is 19.4 Å². The maximum Gasteiger partial charge on any atom is 0.199 e. The lowest BCUT2D eigenvalue weighted by atomic mass is 10.0. The minimum atomic E-state index is -3.00. The summed E-state index contributed by atoms with van der Waals surface area (Å²) >= 11 is 0. The summed E-state index contributed by atoms with van der Waals surface area (Å²) in [4.78, 5) is 12.4. The highest BCUT2D eigenvalue weighted by Gasteiger charge is 2.30. The number of rotatable bonds is 3. The van der Waals surface area contributed by atoms with E-state index in [1.54, 1.807) is 18.3 Å². The summed E-state index contributed by atoms with van der Waals surface area (Å²) in [5.74, 6) is -0.197. The van der Waals surface area contributed by atoms with Gasteiger partial charge in [0.25, 0.3) is 0 Å². The third-order valence-electron chi connectivity index (χ3n) is 3.84. The molecular formula is C15H16N2O4S. The molecule has 0 radical (unpaired) electrons. The van der Waals surface area contributed by atoms with Gasteiger partial charge in [-0.25, -0.2) is 8.42 Å². The molecule has 2 heterocycles. The molecule has 1 aromatic carbocycles. The zero-order valence-corrected chi connectivity index (χ0v) is 12.9. The molecule has 6 nitrogen and oxygen atoms in total. The molecule has 1 fully saturated rings. The first kappa shape index (κ1) is 14.8. The van der Waals surface area contributed by atoms with E-state index in [-0.39, 0.29) is 34.6 Å². The van der Waals surface area contributed by atoms with Crippen molar-refractivity contribution in [3.05, 3.63) is 47.3 Å². The average molecular weight is 320 g/mol. The van der Waals surface area contributed by atoms with Gasteiger partial charge in [-0.05, 0) is 25.5 Å². The largest absolute Gasteiger partial charge is 0.507 e. The van der Waals surface area contributed by atoms with Crippen molar-refractivity contribution in [3.8, 4) is 5.75 Å². The molecular weight excluding hydrogens is 304 g/mol. The minimum absolute atomic E-state index is 0.0536. The van der Waals surface area contributed by atoms with Crippen LogP contribution in [0.4, 0.5) is 0 Å². The number of phenolic OH excluding ortho intramolecular Hbond substituents is 1. The Bertz CT molecular complexity index is 839. The van der Waals surface area contributed by atoms with Crippen LogP contribution in [0.3, 0.4) is 0 Å². The van der Waals surface area contributed by atoms with E-state index < -0.39 is 9.84 Å². The lowest BCUT2D eigenvalue weighted by molar-refractivity contribution is 0.103. The highest BCUT2D eigenvalue weighted by Crippen LogP contribution is 2.25. The maximum atomic E-state index is 12.4. The fourth-order valence-electron chi connectivity index (χ4n) is 2.63. The third-order valence-corrected chi connectivity index (χ3v) is 5.59. The molecule has 1 saturated heterocycles. The number of carbonyl (C=O) groups excluding carboxylic acids is 1. The molecule has 2 aromatic rings. The van der Waals surface area contributed by atoms with E-state index in [1.165, 1.54) is 16.9 Å². The Morgan fingerprint density at radius 1 is 1.41 bits per heavy atom. The van der Waals surface area contributed by atoms with Crippen molar-refractivity contribution in [1.29, 1.82) is 0 Å². The summed E-state index contributed by atoms with van der Waals surface area (Å²) in [5.41, 5.74) is 1.43. The van der Waals surface area contributed by atoms with Crippen molar-refractivity contribution in [3.63, 3.8) is 0 Å². The van der Waals surface area contributed by atoms with Gasteiger partial charge in [-0.2, -0.15) is 5.10 Å². The summed E-state index contributed by atoms with van der Waals surface area (Å²) in [6.45, 7) is 1.84. The molecule has 1 aromatic heterocycles. The predicted molar refractivity (Wildman–Crippen MR) is 80.8 cm³/mol. The average Bonchev–Trinajstić information content (AvgIpc) is 3.07. The number of nitrogens with zero attached hydrogens (tertiary/aromatic N) is 2. The maximum absolute atomic E-state index is 12.4.